The fourth-order valence-electron chi connectivity index (χ4n) is 5.64. The largest absolute Gasteiger partial charge is 0.492 e. The molecule has 0 aliphatic heterocycles. The Morgan fingerprint density at radius 3 is 2.17 bits per heavy atom. The molecule has 0 spiro atoms. The van der Waals surface area contributed by atoms with Crippen LogP contribution in [-0.2, 0) is 11.2 Å². The number of nitrogens with one attached hydrogen (secondary N) is 1. The number of carbonyl (C=O) groups excluding carboxylic acids is 1. The molecule has 1 aliphatic carbocycles. The van der Waals surface area contributed by atoms with Gasteiger partial charge in [-0.05, 0) is 60.7 Å². The number of carboxylic acids is 1. The zero-order valence-electron chi connectivity index (χ0n) is 23.8. The molecular formula is C36H38N2O4. The second-order valence-electron chi connectivity index (χ2n) is 10.9. The SMILES string of the molecule is O=C(c1ccccc1)c1ccccc1NC(Cc1ccc(OCCN(CC2CCCC2)c2ccccc2)cc1)C(=O)O. The Balaban J connectivity index is 1.19. The third kappa shape index (κ3) is 7.78. The average molecular weight is 563 g/mol. The topological polar surface area (TPSA) is 78.9 Å². The molecule has 216 valence electrons. The van der Waals surface area contributed by atoms with Crippen molar-refractivity contribution in [1.82, 2.24) is 0 Å². The van der Waals surface area contributed by atoms with Crippen LogP contribution in [0.2, 0.25) is 0 Å². The number of hydrogen-bond acceptors (Lipinski definition) is 5. The standard InChI is InChI=1S/C36H38N2O4/c39-35(29-13-3-1-4-14-29)32-17-9-10-18-33(32)37-34(36(40)41)25-27-19-21-31(22-20-27)42-24-23-38(26-28-11-7-8-12-28)30-15-5-2-6-16-30/h1-6,9-10,13-22,28,34,37H,7-8,11-12,23-26H2,(H,40,41). The van der Waals surface area contributed by atoms with Gasteiger partial charge in [0.1, 0.15) is 18.4 Å². The molecule has 0 heterocycles. The van der Waals surface area contributed by atoms with Gasteiger partial charge in [0, 0.05) is 35.5 Å². The van der Waals surface area contributed by atoms with Crippen molar-refractivity contribution in [2.24, 2.45) is 5.92 Å². The number of carbonyl (C=O) groups is 2. The molecule has 0 saturated heterocycles. The van der Waals surface area contributed by atoms with Crippen LogP contribution in [0.4, 0.5) is 11.4 Å². The third-order valence-electron chi connectivity index (χ3n) is 7.90. The second kappa shape index (κ2) is 14.4. The Hall–Kier alpha value is -4.58. The number of aliphatic carboxylic acids is 1. The van der Waals surface area contributed by atoms with Gasteiger partial charge in [-0.2, -0.15) is 0 Å². The molecule has 5 rings (SSSR count). The first-order valence-corrected chi connectivity index (χ1v) is 14.8. The molecule has 6 heteroatoms. The molecule has 0 amide bonds. The van der Waals surface area contributed by atoms with Gasteiger partial charge in [-0.25, -0.2) is 4.79 Å². The van der Waals surface area contributed by atoms with Crippen LogP contribution in [0.5, 0.6) is 5.75 Å². The summed E-state index contributed by atoms with van der Waals surface area (Å²) in [6, 6.07) is 33.2. The number of ketones is 1. The van der Waals surface area contributed by atoms with E-state index in [1.807, 2.05) is 48.5 Å². The quantitative estimate of drug-likeness (QED) is 0.160. The minimum Gasteiger partial charge on any atom is -0.492 e. The number of nitrogens with zero attached hydrogens (tertiary/aromatic N) is 1. The highest BCUT2D eigenvalue weighted by Gasteiger charge is 2.22. The molecule has 2 N–H and O–H groups in total. The molecule has 1 fully saturated rings. The average Bonchev–Trinajstić information content (AvgIpc) is 3.55. The second-order valence-corrected chi connectivity index (χ2v) is 10.9. The van der Waals surface area contributed by atoms with Crippen LogP contribution in [-0.4, -0.2) is 42.6 Å². The Bertz CT molecular complexity index is 1430. The fourth-order valence-corrected chi connectivity index (χ4v) is 5.64. The summed E-state index contributed by atoms with van der Waals surface area (Å²) in [5.74, 6) is 0.355. The Morgan fingerprint density at radius 2 is 1.48 bits per heavy atom. The summed E-state index contributed by atoms with van der Waals surface area (Å²) in [5.41, 5.74) is 3.58. The van der Waals surface area contributed by atoms with Gasteiger partial charge in [0.25, 0.3) is 0 Å². The number of anilines is 2. The van der Waals surface area contributed by atoms with Crippen molar-refractivity contribution in [2.75, 3.05) is 29.9 Å². The van der Waals surface area contributed by atoms with Crippen LogP contribution >= 0.6 is 0 Å². The van der Waals surface area contributed by atoms with Gasteiger partial charge >= 0.3 is 5.97 Å². The molecule has 1 atom stereocenters. The highest BCUT2D eigenvalue weighted by molar-refractivity contribution is 6.12. The van der Waals surface area contributed by atoms with E-state index in [1.54, 1.807) is 36.4 Å². The lowest BCUT2D eigenvalue weighted by Crippen LogP contribution is -2.32. The predicted octanol–water partition coefficient (Wildman–Crippen LogP) is 7.10. The van der Waals surface area contributed by atoms with E-state index in [4.69, 9.17) is 4.74 Å². The minimum atomic E-state index is -0.986. The highest BCUT2D eigenvalue weighted by Crippen LogP contribution is 2.27. The summed E-state index contributed by atoms with van der Waals surface area (Å²) in [4.78, 5) is 27.7. The molecule has 0 aromatic heterocycles. The van der Waals surface area contributed by atoms with E-state index in [0.29, 0.717) is 23.4 Å². The molecule has 1 aliphatic rings. The molecule has 4 aromatic carbocycles. The van der Waals surface area contributed by atoms with E-state index in [0.717, 1.165) is 30.3 Å². The van der Waals surface area contributed by atoms with Crippen LogP contribution < -0.4 is 15.0 Å². The lowest BCUT2D eigenvalue weighted by Gasteiger charge is -2.28. The maximum Gasteiger partial charge on any atom is 0.326 e. The van der Waals surface area contributed by atoms with Crippen molar-refractivity contribution in [1.29, 1.82) is 0 Å². The maximum absolute atomic E-state index is 13.1. The predicted molar refractivity (Wildman–Crippen MR) is 168 cm³/mol. The Kier molecular flexibility index (Phi) is 9.89. The maximum atomic E-state index is 13.1. The molecule has 42 heavy (non-hydrogen) atoms. The van der Waals surface area contributed by atoms with Gasteiger partial charge in [0.05, 0.1) is 6.54 Å². The monoisotopic (exact) mass is 562 g/mol. The van der Waals surface area contributed by atoms with Crippen LogP contribution in [0.25, 0.3) is 0 Å². The van der Waals surface area contributed by atoms with Crippen LogP contribution in [0.3, 0.4) is 0 Å². The van der Waals surface area contributed by atoms with Gasteiger partial charge in [-0.3, -0.25) is 4.79 Å². The summed E-state index contributed by atoms with van der Waals surface area (Å²) in [5, 5.41) is 13.1. The lowest BCUT2D eigenvalue weighted by atomic mass is 10.00. The number of hydrogen-bond donors (Lipinski definition) is 2. The zero-order valence-corrected chi connectivity index (χ0v) is 23.8. The number of para-hydroxylation sites is 2. The first-order chi connectivity index (χ1) is 20.6. The first-order valence-electron chi connectivity index (χ1n) is 14.8. The number of carboxylic acid groups (broad SMARTS) is 1. The number of rotatable bonds is 14. The van der Waals surface area contributed by atoms with Crippen molar-refractivity contribution in [3.05, 3.63) is 126 Å². The summed E-state index contributed by atoms with van der Waals surface area (Å²) in [6.45, 7) is 2.41. The van der Waals surface area contributed by atoms with Crippen molar-refractivity contribution >= 4 is 23.1 Å². The summed E-state index contributed by atoms with van der Waals surface area (Å²) < 4.78 is 6.10. The highest BCUT2D eigenvalue weighted by atomic mass is 16.5. The Labute approximate surface area is 248 Å². The molecule has 0 radical (unpaired) electrons. The lowest BCUT2D eigenvalue weighted by molar-refractivity contribution is -0.137. The van der Waals surface area contributed by atoms with E-state index in [-0.39, 0.29) is 12.2 Å². The van der Waals surface area contributed by atoms with Crippen molar-refractivity contribution < 1.29 is 19.4 Å². The number of ether oxygens (including phenoxy) is 1. The van der Waals surface area contributed by atoms with Gasteiger partial charge in [0.15, 0.2) is 5.78 Å². The normalized spacial score (nSPS) is 13.8. The van der Waals surface area contributed by atoms with Gasteiger partial charge in [0.2, 0.25) is 0 Å². The molecule has 0 bridgehead atoms. The van der Waals surface area contributed by atoms with Crippen LogP contribution in [0.15, 0.2) is 109 Å². The summed E-state index contributed by atoms with van der Waals surface area (Å²) in [7, 11) is 0. The van der Waals surface area contributed by atoms with Crippen LogP contribution in [0, 0.1) is 5.92 Å². The molecule has 1 saturated carbocycles. The van der Waals surface area contributed by atoms with Gasteiger partial charge in [-0.15, -0.1) is 0 Å². The van der Waals surface area contributed by atoms with Crippen molar-refractivity contribution in [3.63, 3.8) is 0 Å². The smallest absolute Gasteiger partial charge is 0.326 e. The van der Waals surface area contributed by atoms with E-state index >= 15 is 0 Å². The van der Waals surface area contributed by atoms with E-state index in [9.17, 15) is 14.7 Å². The van der Waals surface area contributed by atoms with Crippen molar-refractivity contribution in [2.45, 2.75) is 38.1 Å². The Morgan fingerprint density at radius 1 is 0.833 bits per heavy atom. The fraction of sp³-hybridized carbons (Fsp3) is 0.278. The molecule has 4 aromatic rings. The molecular weight excluding hydrogens is 524 g/mol. The molecule has 6 nitrogen and oxygen atoms in total. The number of benzene rings is 4. The van der Waals surface area contributed by atoms with Crippen LogP contribution in [0.1, 0.15) is 47.2 Å². The first kappa shape index (κ1) is 28.9. The molecule has 1 unspecified atom stereocenters. The summed E-state index contributed by atoms with van der Waals surface area (Å²) >= 11 is 0. The van der Waals surface area contributed by atoms with E-state index in [1.165, 1.54) is 31.4 Å². The minimum absolute atomic E-state index is 0.154. The van der Waals surface area contributed by atoms with Gasteiger partial charge in [-0.1, -0.05) is 85.6 Å². The van der Waals surface area contributed by atoms with E-state index in [2.05, 4.69) is 34.5 Å². The summed E-state index contributed by atoms with van der Waals surface area (Å²) in [6.07, 6.45) is 5.51. The van der Waals surface area contributed by atoms with Gasteiger partial charge < -0.3 is 20.1 Å². The third-order valence-corrected chi connectivity index (χ3v) is 7.90. The zero-order chi connectivity index (χ0) is 29.1. The van der Waals surface area contributed by atoms with Crippen molar-refractivity contribution in [3.8, 4) is 5.75 Å². The van der Waals surface area contributed by atoms with E-state index < -0.39 is 12.0 Å².